The summed E-state index contributed by atoms with van der Waals surface area (Å²) in [6.45, 7) is 3.83. The molecule has 0 saturated carbocycles. The van der Waals surface area contributed by atoms with E-state index in [1.807, 2.05) is 43.3 Å². The van der Waals surface area contributed by atoms with Crippen molar-refractivity contribution in [2.45, 2.75) is 19.6 Å². The van der Waals surface area contributed by atoms with Gasteiger partial charge in [0.05, 0.1) is 0 Å². The number of aromatic nitrogens is 1. The smallest absolute Gasteiger partial charge is 0.257 e. The van der Waals surface area contributed by atoms with E-state index >= 15 is 0 Å². The van der Waals surface area contributed by atoms with Gasteiger partial charge in [0.15, 0.2) is 11.9 Å². The van der Waals surface area contributed by atoms with Crippen LogP contribution in [-0.4, -0.2) is 30.8 Å². The number of hydrogen-bond acceptors (Lipinski definition) is 5. The van der Waals surface area contributed by atoms with Crippen LogP contribution in [0.2, 0.25) is 0 Å². The van der Waals surface area contributed by atoms with Crippen LogP contribution in [0.5, 0.6) is 11.6 Å². The summed E-state index contributed by atoms with van der Waals surface area (Å²) in [4.78, 5) is 4.16. The first-order valence-corrected chi connectivity index (χ1v) is 7.30. The molecule has 0 radical (unpaired) electrons. The molecule has 4 N–H and O–H groups in total. The average Bonchev–Trinajstić information content (AvgIpc) is 2.61. The number of benzene rings is 1. The fourth-order valence-corrected chi connectivity index (χ4v) is 1.94. The van der Waals surface area contributed by atoms with Gasteiger partial charge in [-0.25, -0.2) is 4.98 Å². The molecule has 6 heteroatoms. The van der Waals surface area contributed by atoms with E-state index in [1.165, 1.54) is 0 Å². The highest BCUT2D eigenvalue weighted by Crippen LogP contribution is 2.33. The highest BCUT2D eigenvalue weighted by atomic mass is 16.6. The van der Waals surface area contributed by atoms with Crippen LogP contribution in [0.1, 0.15) is 24.2 Å². The minimum absolute atomic E-state index is 0. The molecule has 1 unspecified atom stereocenters. The van der Waals surface area contributed by atoms with E-state index in [0.717, 1.165) is 17.7 Å². The van der Waals surface area contributed by atoms with Crippen molar-refractivity contribution in [1.82, 2.24) is 4.98 Å². The highest BCUT2D eigenvalue weighted by Gasteiger charge is 2.23. The summed E-state index contributed by atoms with van der Waals surface area (Å²) in [5.41, 5.74) is 7.75. The normalized spacial score (nSPS) is 15.0. The summed E-state index contributed by atoms with van der Waals surface area (Å²) >= 11 is 0. The third kappa shape index (κ3) is 5.21. The Morgan fingerprint density at radius 3 is 2.57 bits per heavy atom. The molecule has 0 aliphatic carbocycles. The number of methoxy groups -OCH3 is 1. The number of fused-ring (bicyclic) bond motifs is 1. The first-order chi connectivity index (χ1) is 10.8. The van der Waals surface area contributed by atoms with E-state index in [9.17, 15) is 0 Å². The van der Waals surface area contributed by atoms with E-state index in [2.05, 4.69) is 9.72 Å². The minimum Gasteiger partial charge on any atom is -0.484 e. The van der Waals surface area contributed by atoms with Crippen molar-refractivity contribution >= 4 is 0 Å². The van der Waals surface area contributed by atoms with Crippen LogP contribution in [0.4, 0.5) is 0 Å². The van der Waals surface area contributed by atoms with Crippen LogP contribution < -0.4 is 15.2 Å². The van der Waals surface area contributed by atoms with Gasteiger partial charge in [0, 0.05) is 26.5 Å². The summed E-state index contributed by atoms with van der Waals surface area (Å²) in [6.07, 6.45) is 1.58. The highest BCUT2D eigenvalue weighted by molar-refractivity contribution is 5.35. The number of rotatable bonds is 3. The van der Waals surface area contributed by atoms with Crippen LogP contribution in [0.25, 0.3) is 0 Å². The zero-order valence-corrected chi connectivity index (χ0v) is 13.5. The Balaban J connectivity index is 0.000000478. The number of nitrogens with two attached hydrogens (primary N) is 1. The van der Waals surface area contributed by atoms with Crippen LogP contribution in [0.3, 0.4) is 0 Å². The van der Waals surface area contributed by atoms with Crippen molar-refractivity contribution < 1.29 is 19.7 Å². The molecule has 6 nitrogen and oxygen atoms in total. The zero-order chi connectivity index (χ0) is 15.8. The Hall–Kier alpha value is -2.15. The second-order valence-electron chi connectivity index (χ2n) is 4.75. The van der Waals surface area contributed by atoms with Crippen molar-refractivity contribution in [3.8, 4) is 11.6 Å². The Morgan fingerprint density at radius 1 is 1.26 bits per heavy atom. The summed E-state index contributed by atoms with van der Waals surface area (Å²) in [5.74, 6) is 1.25. The van der Waals surface area contributed by atoms with Crippen LogP contribution in [0, 0.1) is 0 Å². The molecule has 0 spiro atoms. The molecule has 1 aliphatic rings. The van der Waals surface area contributed by atoms with Crippen LogP contribution in [0.15, 0.2) is 42.6 Å². The lowest BCUT2D eigenvalue weighted by atomic mass is 10.1. The minimum atomic E-state index is -0.112. The first-order valence-electron chi connectivity index (χ1n) is 7.30. The summed E-state index contributed by atoms with van der Waals surface area (Å²) in [7, 11) is 1.68. The Bertz CT molecular complexity index is 573. The molecular formula is C17H24N2O4. The topological polar surface area (TPSA) is 98.1 Å². The molecule has 2 aromatic rings. The SMILES string of the molecule is CCOC.NCc1ccc(C2COc3cccnc3O2)cc1.O. The number of pyridine rings is 1. The molecule has 23 heavy (non-hydrogen) atoms. The Morgan fingerprint density at radius 2 is 1.96 bits per heavy atom. The van der Waals surface area contributed by atoms with E-state index in [-0.39, 0.29) is 11.6 Å². The van der Waals surface area contributed by atoms with Crippen LogP contribution >= 0.6 is 0 Å². The molecule has 0 bridgehead atoms. The van der Waals surface area contributed by atoms with Gasteiger partial charge in [-0.15, -0.1) is 0 Å². The largest absolute Gasteiger partial charge is 0.484 e. The number of hydrogen-bond donors (Lipinski definition) is 1. The second kappa shape index (κ2) is 9.78. The van der Waals surface area contributed by atoms with Gasteiger partial charge in [0.25, 0.3) is 5.88 Å². The lowest BCUT2D eigenvalue weighted by Gasteiger charge is -2.25. The third-order valence-electron chi connectivity index (χ3n) is 3.26. The summed E-state index contributed by atoms with van der Waals surface area (Å²) in [5, 5.41) is 0. The third-order valence-corrected chi connectivity index (χ3v) is 3.26. The van der Waals surface area contributed by atoms with E-state index in [4.69, 9.17) is 15.2 Å². The molecule has 1 aliphatic heterocycles. The molecular weight excluding hydrogens is 296 g/mol. The summed E-state index contributed by atoms with van der Waals surface area (Å²) < 4.78 is 16.0. The molecule has 3 rings (SSSR count). The molecule has 1 aromatic carbocycles. The second-order valence-corrected chi connectivity index (χ2v) is 4.75. The Kier molecular flexibility index (Phi) is 8.04. The maximum Gasteiger partial charge on any atom is 0.257 e. The zero-order valence-electron chi connectivity index (χ0n) is 13.5. The van der Waals surface area contributed by atoms with E-state index in [1.54, 1.807) is 13.3 Å². The van der Waals surface area contributed by atoms with E-state index < -0.39 is 0 Å². The molecule has 0 saturated heterocycles. The van der Waals surface area contributed by atoms with E-state index in [0.29, 0.717) is 24.8 Å². The predicted octanol–water partition coefficient (Wildman–Crippen LogP) is 1.88. The molecule has 0 fully saturated rings. The number of nitrogens with zero attached hydrogens (tertiary/aromatic N) is 1. The molecule has 1 aromatic heterocycles. The van der Waals surface area contributed by atoms with Crippen LogP contribution in [-0.2, 0) is 11.3 Å². The standard InChI is InChI=1S/C14H14N2O2.C3H8O.H2O/c15-8-10-3-5-11(6-4-10)13-9-17-12-2-1-7-16-14(12)18-13;1-3-4-2;/h1-7,13H,8-9,15H2;3H2,1-2H3;1H2. The first kappa shape index (κ1) is 18.9. The van der Waals surface area contributed by atoms with Crippen molar-refractivity contribution in [3.05, 3.63) is 53.7 Å². The fraction of sp³-hybridized carbons (Fsp3) is 0.353. The molecule has 126 valence electrons. The van der Waals surface area contributed by atoms with Crippen molar-refractivity contribution in [2.75, 3.05) is 20.3 Å². The van der Waals surface area contributed by atoms with Gasteiger partial charge in [0.2, 0.25) is 0 Å². The average molecular weight is 320 g/mol. The molecule has 1 atom stereocenters. The van der Waals surface area contributed by atoms with Gasteiger partial charge in [0.1, 0.15) is 6.61 Å². The molecule has 0 amide bonds. The maximum absolute atomic E-state index is 5.82. The van der Waals surface area contributed by atoms with Gasteiger partial charge in [-0.1, -0.05) is 24.3 Å². The maximum atomic E-state index is 5.82. The Labute approximate surface area is 136 Å². The molecule has 2 heterocycles. The monoisotopic (exact) mass is 320 g/mol. The number of ether oxygens (including phenoxy) is 3. The quantitative estimate of drug-likeness (QED) is 0.931. The van der Waals surface area contributed by atoms with Crippen molar-refractivity contribution in [2.24, 2.45) is 5.73 Å². The van der Waals surface area contributed by atoms with Crippen molar-refractivity contribution in [3.63, 3.8) is 0 Å². The van der Waals surface area contributed by atoms with Gasteiger partial charge in [-0.2, -0.15) is 0 Å². The van der Waals surface area contributed by atoms with Gasteiger partial charge < -0.3 is 25.4 Å². The summed E-state index contributed by atoms with van der Waals surface area (Å²) in [6, 6.07) is 11.7. The van der Waals surface area contributed by atoms with Gasteiger partial charge in [-0.05, 0) is 30.2 Å². The lowest BCUT2D eigenvalue weighted by molar-refractivity contribution is 0.0851. The van der Waals surface area contributed by atoms with Gasteiger partial charge >= 0.3 is 0 Å². The lowest BCUT2D eigenvalue weighted by Crippen LogP contribution is -2.22. The fourth-order valence-electron chi connectivity index (χ4n) is 1.94. The van der Waals surface area contributed by atoms with Crippen molar-refractivity contribution in [1.29, 1.82) is 0 Å². The van der Waals surface area contributed by atoms with Gasteiger partial charge in [-0.3, -0.25) is 0 Å². The predicted molar refractivity (Wildman–Crippen MR) is 88.6 cm³/mol.